The predicted molar refractivity (Wildman–Crippen MR) is 86.5 cm³/mol. The number of hydrogen-bond donors (Lipinski definition) is 2. The number of aromatic nitrogens is 1. The summed E-state index contributed by atoms with van der Waals surface area (Å²) >= 11 is 3.38. The summed E-state index contributed by atoms with van der Waals surface area (Å²) in [5, 5.41) is 11.8. The van der Waals surface area contributed by atoms with E-state index in [0.717, 1.165) is 16.8 Å². The Kier molecular flexibility index (Phi) is 5.61. The number of nitrogens with zero attached hydrogens (tertiary/aromatic N) is 1. The molecule has 2 rings (SSSR count). The highest BCUT2D eigenvalue weighted by molar-refractivity contribution is 9.10. The van der Waals surface area contributed by atoms with Crippen molar-refractivity contribution in [3.63, 3.8) is 0 Å². The van der Waals surface area contributed by atoms with Crippen LogP contribution in [0.25, 0.3) is 0 Å². The fraction of sp³-hybridized carbons (Fsp3) is 0.188. The smallest absolute Gasteiger partial charge is 0.228 e. The monoisotopic (exact) mass is 346 g/mol. The summed E-state index contributed by atoms with van der Waals surface area (Å²) in [5.74, 6) is 6.59. The van der Waals surface area contributed by atoms with Crippen molar-refractivity contribution in [2.24, 2.45) is 0 Å². The molecule has 1 aromatic carbocycles. The number of halogens is 1. The van der Waals surface area contributed by atoms with Gasteiger partial charge in [-0.05, 0) is 46.3 Å². The lowest BCUT2D eigenvalue weighted by atomic mass is 10.2. The molecule has 2 N–H and O–H groups in total. The summed E-state index contributed by atoms with van der Waals surface area (Å²) in [6.45, 7) is 0.173. The van der Waals surface area contributed by atoms with Gasteiger partial charge in [0.25, 0.3) is 0 Å². The Bertz CT molecular complexity index is 660. The highest BCUT2D eigenvalue weighted by atomic mass is 79.9. The van der Waals surface area contributed by atoms with E-state index in [9.17, 15) is 0 Å². The zero-order valence-electron chi connectivity index (χ0n) is 11.6. The van der Waals surface area contributed by atoms with Crippen molar-refractivity contribution in [2.75, 3.05) is 25.6 Å². The second-order valence-corrected chi connectivity index (χ2v) is 5.01. The number of anilines is 1. The molecule has 0 atom stereocenters. The van der Waals surface area contributed by atoms with Gasteiger partial charge in [0.05, 0.1) is 11.1 Å². The lowest BCUT2D eigenvalue weighted by Gasteiger charge is -2.04. The van der Waals surface area contributed by atoms with Crippen molar-refractivity contribution >= 4 is 21.6 Å². The zero-order chi connectivity index (χ0) is 15.1. The standard InChI is InChI=1S/C16H15BrN2O2/c1-18-14-6-4-12(5-7-14)2-3-13-10-15(17)16(19-11-13)21-9-8-20/h4-7,10-11,18,20H,8-9H2,1H3. The number of nitrogens with one attached hydrogen (secondary N) is 1. The van der Waals surface area contributed by atoms with Crippen molar-refractivity contribution in [2.45, 2.75) is 0 Å². The quantitative estimate of drug-likeness (QED) is 0.835. The summed E-state index contributed by atoms with van der Waals surface area (Å²) in [4.78, 5) is 4.16. The van der Waals surface area contributed by atoms with Gasteiger partial charge in [-0.15, -0.1) is 0 Å². The molecule has 2 aromatic rings. The zero-order valence-corrected chi connectivity index (χ0v) is 13.1. The van der Waals surface area contributed by atoms with Gasteiger partial charge in [0.2, 0.25) is 5.88 Å². The van der Waals surface area contributed by atoms with Gasteiger partial charge < -0.3 is 15.2 Å². The molecule has 0 saturated heterocycles. The van der Waals surface area contributed by atoms with Crippen molar-refractivity contribution < 1.29 is 9.84 Å². The minimum atomic E-state index is -0.0434. The van der Waals surface area contributed by atoms with Crippen LogP contribution in [0.15, 0.2) is 41.0 Å². The van der Waals surface area contributed by atoms with Crippen LogP contribution in [0.5, 0.6) is 5.88 Å². The number of aliphatic hydroxyl groups is 1. The summed E-state index contributed by atoms with van der Waals surface area (Å²) in [5.41, 5.74) is 2.77. The molecule has 0 aliphatic heterocycles. The van der Waals surface area contributed by atoms with Crippen LogP contribution >= 0.6 is 15.9 Å². The van der Waals surface area contributed by atoms with Gasteiger partial charge in [-0.3, -0.25) is 0 Å². The Morgan fingerprint density at radius 1 is 1.24 bits per heavy atom. The highest BCUT2D eigenvalue weighted by Gasteiger charge is 2.03. The van der Waals surface area contributed by atoms with E-state index in [1.165, 1.54) is 0 Å². The molecule has 0 radical (unpaired) electrons. The Morgan fingerprint density at radius 3 is 2.57 bits per heavy atom. The van der Waals surface area contributed by atoms with Gasteiger partial charge in [-0.1, -0.05) is 11.8 Å². The van der Waals surface area contributed by atoms with Gasteiger partial charge in [0.1, 0.15) is 6.61 Å². The van der Waals surface area contributed by atoms with Crippen LogP contribution in [0.1, 0.15) is 11.1 Å². The van der Waals surface area contributed by atoms with Crippen LogP contribution < -0.4 is 10.1 Å². The Labute approximate surface area is 132 Å². The molecule has 0 fully saturated rings. The van der Waals surface area contributed by atoms with Gasteiger partial charge in [0.15, 0.2) is 0 Å². The summed E-state index contributed by atoms with van der Waals surface area (Å²) in [7, 11) is 1.88. The third kappa shape index (κ3) is 4.48. The van der Waals surface area contributed by atoms with Crippen LogP contribution in [0.3, 0.4) is 0 Å². The first-order chi connectivity index (χ1) is 10.2. The molecule has 5 heteroatoms. The molecule has 1 aromatic heterocycles. The molecule has 0 bridgehead atoms. The minimum Gasteiger partial charge on any atom is -0.474 e. The molecule has 0 saturated carbocycles. The molecule has 21 heavy (non-hydrogen) atoms. The fourth-order valence-corrected chi connectivity index (χ4v) is 2.07. The molecule has 1 heterocycles. The van der Waals surface area contributed by atoms with Crippen LogP contribution in [0.2, 0.25) is 0 Å². The van der Waals surface area contributed by atoms with Crippen LogP contribution in [-0.4, -0.2) is 30.4 Å². The first kappa shape index (κ1) is 15.4. The van der Waals surface area contributed by atoms with Gasteiger partial charge in [-0.25, -0.2) is 4.98 Å². The molecular formula is C16H15BrN2O2. The normalized spacial score (nSPS) is 9.67. The number of benzene rings is 1. The number of aliphatic hydroxyl groups excluding tert-OH is 1. The number of ether oxygens (including phenoxy) is 1. The highest BCUT2D eigenvalue weighted by Crippen LogP contribution is 2.22. The fourth-order valence-electron chi connectivity index (χ4n) is 1.61. The van der Waals surface area contributed by atoms with Gasteiger partial charge >= 0.3 is 0 Å². The second kappa shape index (κ2) is 7.67. The third-order valence-corrected chi connectivity index (χ3v) is 3.23. The van der Waals surface area contributed by atoms with E-state index in [1.807, 2.05) is 37.4 Å². The van der Waals surface area contributed by atoms with Crippen molar-refractivity contribution in [3.05, 3.63) is 52.1 Å². The first-order valence-corrected chi connectivity index (χ1v) is 7.21. The molecule has 0 spiro atoms. The topological polar surface area (TPSA) is 54.4 Å². The van der Waals surface area contributed by atoms with Crippen LogP contribution in [0, 0.1) is 11.8 Å². The lowest BCUT2D eigenvalue weighted by Crippen LogP contribution is -2.03. The van der Waals surface area contributed by atoms with E-state index in [0.29, 0.717) is 10.4 Å². The predicted octanol–water partition coefficient (Wildman–Crippen LogP) is 2.66. The largest absolute Gasteiger partial charge is 0.474 e. The number of rotatable bonds is 4. The van der Waals surface area contributed by atoms with E-state index < -0.39 is 0 Å². The third-order valence-electron chi connectivity index (χ3n) is 2.66. The molecule has 0 unspecified atom stereocenters. The van der Waals surface area contributed by atoms with Crippen molar-refractivity contribution in [3.8, 4) is 17.7 Å². The summed E-state index contributed by atoms with van der Waals surface area (Å²) < 4.78 is 5.98. The average molecular weight is 347 g/mol. The maximum Gasteiger partial charge on any atom is 0.228 e. The van der Waals surface area contributed by atoms with Gasteiger partial charge in [-0.2, -0.15) is 0 Å². The Balaban J connectivity index is 2.12. The molecule has 108 valence electrons. The summed E-state index contributed by atoms with van der Waals surface area (Å²) in [6, 6.07) is 9.71. The van der Waals surface area contributed by atoms with E-state index in [1.54, 1.807) is 6.20 Å². The second-order valence-electron chi connectivity index (χ2n) is 4.16. The lowest BCUT2D eigenvalue weighted by molar-refractivity contribution is 0.196. The molecule has 0 aliphatic carbocycles. The first-order valence-electron chi connectivity index (χ1n) is 6.42. The average Bonchev–Trinajstić information content (AvgIpc) is 2.52. The molecule has 0 amide bonds. The van der Waals surface area contributed by atoms with E-state index in [-0.39, 0.29) is 13.2 Å². The SMILES string of the molecule is CNc1ccc(C#Cc2cnc(OCCO)c(Br)c2)cc1. The molecule has 4 nitrogen and oxygen atoms in total. The summed E-state index contributed by atoms with van der Waals surface area (Å²) in [6.07, 6.45) is 1.65. The van der Waals surface area contributed by atoms with Gasteiger partial charge in [0, 0.05) is 30.1 Å². The van der Waals surface area contributed by atoms with Crippen LogP contribution in [-0.2, 0) is 0 Å². The van der Waals surface area contributed by atoms with E-state index >= 15 is 0 Å². The maximum absolute atomic E-state index is 8.73. The number of hydrogen-bond acceptors (Lipinski definition) is 4. The van der Waals surface area contributed by atoms with Crippen molar-refractivity contribution in [1.29, 1.82) is 0 Å². The molecule has 0 aliphatic rings. The minimum absolute atomic E-state index is 0.0434. The number of pyridine rings is 1. The van der Waals surface area contributed by atoms with Crippen molar-refractivity contribution in [1.82, 2.24) is 4.98 Å². The Hall–Kier alpha value is -2.03. The maximum atomic E-state index is 8.73. The van der Waals surface area contributed by atoms with Crippen LogP contribution in [0.4, 0.5) is 5.69 Å². The Morgan fingerprint density at radius 2 is 1.95 bits per heavy atom. The molecular weight excluding hydrogens is 332 g/mol. The van der Waals surface area contributed by atoms with E-state index in [4.69, 9.17) is 9.84 Å². The van der Waals surface area contributed by atoms with E-state index in [2.05, 4.69) is 38.1 Å².